The highest BCUT2D eigenvalue weighted by Crippen LogP contribution is 2.27. The molecule has 0 aliphatic carbocycles. The van der Waals surface area contributed by atoms with Gasteiger partial charge in [-0.05, 0) is 37.3 Å². The summed E-state index contributed by atoms with van der Waals surface area (Å²) in [5.41, 5.74) is 1.27. The predicted octanol–water partition coefficient (Wildman–Crippen LogP) is 4.35. The van der Waals surface area contributed by atoms with E-state index in [0.717, 1.165) is 0 Å². The third-order valence-corrected chi connectivity index (χ3v) is 3.69. The van der Waals surface area contributed by atoms with Gasteiger partial charge in [0, 0.05) is 23.9 Å². The van der Waals surface area contributed by atoms with Crippen LogP contribution in [0.1, 0.15) is 18.4 Å². The minimum absolute atomic E-state index is 0.0262. The summed E-state index contributed by atoms with van der Waals surface area (Å²) in [6.07, 6.45) is 3.13. The first kappa shape index (κ1) is 18.1. The minimum Gasteiger partial charge on any atom is -0.462 e. The Labute approximate surface area is 155 Å². The van der Waals surface area contributed by atoms with Gasteiger partial charge in [-0.2, -0.15) is 0 Å². The van der Waals surface area contributed by atoms with Gasteiger partial charge in [-0.15, -0.1) is 0 Å². The molecular formula is C20H16N2O5. The van der Waals surface area contributed by atoms with Gasteiger partial charge in [0.15, 0.2) is 0 Å². The largest absolute Gasteiger partial charge is 0.462 e. The van der Waals surface area contributed by atoms with E-state index in [2.05, 4.69) is 4.98 Å². The molecule has 0 saturated heterocycles. The summed E-state index contributed by atoms with van der Waals surface area (Å²) < 4.78 is 10.9. The molecule has 7 nitrogen and oxygen atoms in total. The van der Waals surface area contributed by atoms with Gasteiger partial charge >= 0.3 is 5.97 Å². The predicted molar refractivity (Wildman–Crippen MR) is 99.5 cm³/mol. The molecule has 0 amide bonds. The second-order valence-corrected chi connectivity index (χ2v) is 5.50. The van der Waals surface area contributed by atoms with E-state index in [1.54, 1.807) is 61.7 Å². The average Bonchev–Trinajstić information content (AvgIpc) is 3.16. The summed E-state index contributed by atoms with van der Waals surface area (Å²) in [4.78, 5) is 27.0. The van der Waals surface area contributed by atoms with E-state index >= 15 is 0 Å². The first-order valence-electron chi connectivity index (χ1n) is 8.23. The smallest absolute Gasteiger partial charge is 0.340 e. The van der Waals surface area contributed by atoms with Crippen LogP contribution in [0.3, 0.4) is 0 Å². The molecule has 136 valence electrons. The molecule has 0 saturated carbocycles. The lowest BCUT2D eigenvalue weighted by Gasteiger charge is -2.05. The zero-order valence-electron chi connectivity index (χ0n) is 14.5. The Kier molecular flexibility index (Phi) is 5.41. The molecule has 1 aromatic carbocycles. The molecule has 0 aliphatic rings. The molecule has 27 heavy (non-hydrogen) atoms. The van der Waals surface area contributed by atoms with Crippen LogP contribution in [0.2, 0.25) is 0 Å². The summed E-state index contributed by atoms with van der Waals surface area (Å²) in [7, 11) is 0. The number of furan rings is 1. The van der Waals surface area contributed by atoms with Gasteiger partial charge in [0.05, 0.1) is 22.8 Å². The van der Waals surface area contributed by atoms with Crippen LogP contribution >= 0.6 is 0 Å². The number of rotatable bonds is 6. The van der Waals surface area contributed by atoms with E-state index in [1.165, 1.54) is 12.1 Å². The molecule has 0 fully saturated rings. The lowest BCUT2D eigenvalue weighted by Crippen LogP contribution is -2.07. The Morgan fingerprint density at radius 2 is 2.07 bits per heavy atom. The van der Waals surface area contributed by atoms with Crippen LogP contribution in [0.25, 0.3) is 23.0 Å². The maximum absolute atomic E-state index is 12.3. The number of non-ortho nitro benzene ring substituents is 1. The van der Waals surface area contributed by atoms with Crippen LogP contribution in [0, 0.1) is 10.1 Å². The molecule has 0 bridgehead atoms. The summed E-state index contributed by atoms with van der Waals surface area (Å²) in [6, 6.07) is 14.7. The Balaban J connectivity index is 1.97. The third kappa shape index (κ3) is 4.27. The maximum Gasteiger partial charge on any atom is 0.340 e. The molecule has 2 aromatic heterocycles. The van der Waals surface area contributed by atoms with Gasteiger partial charge in [-0.25, -0.2) is 4.79 Å². The van der Waals surface area contributed by atoms with Crippen LogP contribution in [0.4, 0.5) is 5.69 Å². The lowest BCUT2D eigenvalue weighted by atomic mass is 10.1. The van der Waals surface area contributed by atoms with Gasteiger partial charge in [-0.1, -0.05) is 18.2 Å². The molecule has 0 aliphatic heterocycles. The van der Waals surface area contributed by atoms with Gasteiger partial charge < -0.3 is 9.15 Å². The van der Waals surface area contributed by atoms with Crippen LogP contribution in [0.5, 0.6) is 0 Å². The molecule has 2 heterocycles. The van der Waals surface area contributed by atoms with Crippen molar-refractivity contribution < 1.29 is 18.9 Å². The van der Waals surface area contributed by atoms with E-state index in [1.807, 2.05) is 0 Å². The quantitative estimate of drug-likeness (QED) is 0.279. The van der Waals surface area contributed by atoms with Gasteiger partial charge in [-0.3, -0.25) is 15.1 Å². The second kappa shape index (κ2) is 8.09. The molecule has 3 aromatic rings. The van der Waals surface area contributed by atoms with Crippen LogP contribution < -0.4 is 0 Å². The number of pyridine rings is 1. The van der Waals surface area contributed by atoms with Crippen LogP contribution in [-0.4, -0.2) is 22.5 Å². The molecule has 0 radical (unpaired) electrons. The Morgan fingerprint density at radius 3 is 2.78 bits per heavy atom. The zero-order valence-corrected chi connectivity index (χ0v) is 14.5. The van der Waals surface area contributed by atoms with Crippen molar-refractivity contribution in [3.8, 4) is 11.3 Å². The van der Waals surface area contributed by atoms with E-state index in [0.29, 0.717) is 22.8 Å². The van der Waals surface area contributed by atoms with Crippen molar-refractivity contribution in [2.24, 2.45) is 0 Å². The Morgan fingerprint density at radius 1 is 1.22 bits per heavy atom. The number of ether oxygens (including phenoxy) is 1. The Bertz CT molecular complexity index is 992. The van der Waals surface area contributed by atoms with Crippen molar-refractivity contribution in [3.05, 3.63) is 82.4 Å². The third-order valence-electron chi connectivity index (χ3n) is 3.69. The average molecular weight is 364 g/mol. The number of nitro benzene ring substituents is 1. The van der Waals surface area contributed by atoms with Crippen molar-refractivity contribution in [1.82, 2.24) is 4.98 Å². The van der Waals surface area contributed by atoms with Gasteiger partial charge in [0.25, 0.3) is 5.69 Å². The number of carbonyl (C=O) groups excluding carboxylic acids is 1. The monoisotopic (exact) mass is 364 g/mol. The number of hydrogen-bond acceptors (Lipinski definition) is 6. The standard InChI is InChI=1S/C20H16N2O5/c1-2-26-20(23)17(18-8-3-4-11-21-18)13-16-9-10-19(27-16)14-6-5-7-15(12-14)22(24)25/h3-13H,2H2,1H3/b17-13+. The van der Waals surface area contributed by atoms with Crippen molar-refractivity contribution in [2.45, 2.75) is 6.92 Å². The van der Waals surface area contributed by atoms with E-state index in [4.69, 9.17) is 9.15 Å². The SMILES string of the molecule is CCOC(=O)/C(=C/c1ccc(-c2cccc([N+](=O)[O-])c2)o1)c1ccccn1. The highest BCUT2D eigenvalue weighted by molar-refractivity contribution is 6.20. The first-order valence-corrected chi connectivity index (χ1v) is 8.23. The summed E-state index contributed by atoms with van der Waals surface area (Å²) in [5, 5.41) is 10.9. The van der Waals surface area contributed by atoms with Crippen LogP contribution in [-0.2, 0) is 9.53 Å². The normalized spacial score (nSPS) is 11.2. The van der Waals surface area contributed by atoms with Crippen molar-refractivity contribution in [1.29, 1.82) is 0 Å². The topological polar surface area (TPSA) is 95.5 Å². The molecule has 0 atom stereocenters. The number of carbonyl (C=O) groups is 1. The van der Waals surface area contributed by atoms with Gasteiger partial charge in [0.2, 0.25) is 0 Å². The highest BCUT2D eigenvalue weighted by atomic mass is 16.6. The van der Waals surface area contributed by atoms with Gasteiger partial charge in [0.1, 0.15) is 11.5 Å². The first-order chi connectivity index (χ1) is 13.1. The zero-order chi connectivity index (χ0) is 19.2. The fourth-order valence-electron chi connectivity index (χ4n) is 2.47. The lowest BCUT2D eigenvalue weighted by molar-refractivity contribution is -0.384. The van der Waals surface area contributed by atoms with E-state index in [-0.39, 0.29) is 17.9 Å². The minimum atomic E-state index is -0.510. The van der Waals surface area contributed by atoms with E-state index in [9.17, 15) is 14.9 Å². The molecule has 0 N–H and O–H groups in total. The number of aromatic nitrogens is 1. The highest BCUT2D eigenvalue weighted by Gasteiger charge is 2.16. The van der Waals surface area contributed by atoms with E-state index < -0.39 is 10.9 Å². The molecule has 0 unspecified atom stereocenters. The maximum atomic E-state index is 12.3. The molecule has 0 spiro atoms. The summed E-state index contributed by atoms with van der Waals surface area (Å²) >= 11 is 0. The molecule has 7 heteroatoms. The fraction of sp³-hybridized carbons (Fsp3) is 0.100. The number of hydrogen-bond donors (Lipinski definition) is 0. The van der Waals surface area contributed by atoms with Crippen LogP contribution in [0.15, 0.2) is 65.2 Å². The van der Waals surface area contributed by atoms with Crippen molar-refractivity contribution in [2.75, 3.05) is 6.61 Å². The number of nitrogens with zero attached hydrogens (tertiary/aromatic N) is 2. The second-order valence-electron chi connectivity index (χ2n) is 5.50. The fourth-order valence-corrected chi connectivity index (χ4v) is 2.47. The molecular weight excluding hydrogens is 348 g/mol. The Hall–Kier alpha value is -3.74. The molecule has 3 rings (SSSR count). The number of nitro groups is 1. The number of esters is 1. The number of benzene rings is 1. The van der Waals surface area contributed by atoms with Crippen molar-refractivity contribution >= 4 is 23.3 Å². The summed E-state index contributed by atoms with van der Waals surface area (Å²) in [5.74, 6) is 0.351. The van der Waals surface area contributed by atoms with Crippen molar-refractivity contribution in [3.63, 3.8) is 0 Å². The summed E-state index contributed by atoms with van der Waals surface area (Å²) in [6.45, 7) is 1.96.